The van der Waals surface area contributed by atoms with E-state index in [0.717, 1.165) is 11.1 Å². The molecule has 3 rings (SSSR count). The maximum atomic E-state index is 13.2. The van der Waals surface area contributed by atoms with Gasteiger partial charge in [-0.2, -0.15) is 0 Å². The van der Waals surface area contributed by atoms with Gasteiger partial charge in [0.1, 0.15) is 5.54 Å². The third kappa shape index (κ3) is 1.63. The highest BCUT2D eigenvalue weighted by Crippen LogP contribution is 2.57. The number of alkyl halides is 2. The fourth-order valence-electron chi connectivity index (χ4n) is 2.21. The summed E-state index contributed by atoms with van der Waals surface area (Å²) in [5.74, 6) is -2.76. The molecular formula is C15H13F2N. The minimum atomic E-state index is -2.76. The first-order chi connectivity index (χ1) is 8.53. The van der Waals surface area contributed by atoms with Crippen LogP contribution in [-0.2, 0) is 5.54 Å². The summed E-state index contributed by atoms with van der Waals surface area (Å²) in [6.45, 7) is 0. The molecule has 0 amide bonds. The summed E-state index contributed by atoms with van der Waals surface area (Å²) in [7, 11) is 0. The molecule has 0 spiro atoms. The summed E-state index contributed by atoms with van der Waals surface area (Å²) < 4.78 is 26.3. The minimum Gasteiger partial charge on any atom is -0.316 e. The summed E-state index contributed by atoms with van der Waals surface area (Å²) in [4.78, 5) is 0. The van der Waals surface area contributed by atoms with Crippen molar-refractivity contribution in [1.29, 1.82) is 0 Å². The van der Waals surface area contributed by atoms with Crippen molar-refractivity contribution in [2.75, 3.05) is 0 Å². The smallest absolute Gasteiger partial charge is 0.272 e. The topological polar surface area (TPSA) is 26.0 Å². The Morgan fingerprint density at radius 2 is 1.33 bits per heavy atom. The number of halogens is 2. The molecule has 1 atom stereocenters. The molecule has 2 aromatic rings. The van der Waals surface area contributed by atoms with E-state index in [9.17, 15) is 8.78 Å². The summed E-state index contributed by atoms with van der Waals surface area (Å²) in [5.41, 5.74) is 6.81. The lowest BCUT2D eigenvalue weighted by Crippen LogP contribution is -2.26. The first-order valence-corrected chi connectivity index (χ1v) is 5.86. The number of benzene rings is 2. The molecule has 18 heavy (non-hydrogen) atoms. The van der Waals surface area contributed by atoms with Gasteiger partial charge in [0.05, 0.1) is 0 Å². The van der Waals surface area contributed by atoms with E-state index in [1.54, 1.807) is 12.1 Å². The average Bonchev–Trinajstić information content (AvgIpc) is 2.91. The van der Waals surface area contributed by atoms with E-state index >= 15 is 0 Å². The fraction of sp³-hybridized carbons (Fsp3) is 0.200. The summed E-state index contributed by atoms with van der Waals surface area (Å²) in [5, 5.41) is 0. The zero-order valence-corrected chi connectivity index (χ0v) is 9.74. The van der Waals surface area contributed by atoms with Gasteiger partial charge in [0.2, 0.25) is 0 Å². The van der Waals surface area contributed by atoms with Gasteiger partial charge in [-0.1, -0.05) is 54.6 Å². The van der Waals surface area contributed by atoms with E-state index < -0.39 is 11.5 Å². The Bertz CT molecular complexity index is 563. The standard InChI is InChI=1S/C15H13F2N/c16-15(17)10-14(15,18)13-8-6-12(7-9-13)11-4-2-1-3-5-11/h1-9H,10,18H2. The van der Waals surface area contributed by atoms with Crippen LogP contribution < -0.4 is 5.73 Å². The van der Waals surface area contributed by atoms with Crippen molar-refractivity contribution in [3.63, 3.8) is 0 Å². The Labute approximate surface area is 104 Å². The van der Waals surface area contributed by atoms with Gasteiger partial charge < -0.3 is 5.73 Å². The maximum absolute atomic E-state index is 13.2. The van der Waals surface area contributed by atoms with E-state index in [0.29, 0.717) is 5.56 Å². The molecule has 0 bridgehead atoms. The average molecular weight is 245 g/mol. The van der Waals surface area contributed by atoms with Crippen molar-refractivity contribution in [2.24, 2.45) is 5.73 Å². The lowest BCUT2D eigenvalue weighted by atomic mass is 10.00. The normalized spacial score (nSPS) is 24.8. The predicted molar refractivity (Wildman–Crippen MR) is 67.3 cm³/mol. The zero-order valence-electron chi connectivity index (χ0n) is 9.74. The SMILES string of the molecule is NC1(c2ccc(-c3ccccc3)cc2)CC1(F)F. The van der Waals surface area contributed by atoms with Gasteiger partial charge in [0.25, 0.3) is 5.92 Å². The van der Waals surface area contributed by atoms with Crippen molar-refractivity contribution >= 4 is 0 Å². The lowest BCUT2D eigenvalue weighted by Gasteiger charge is -2.11. The molecule has 0 heterocycles. The Kier molecular flexibility index (Phi) is 2.29. The van der Waals surface area contributed by atoms with Crippen molar-refractivity contribution in [2.45, 2.75) is 17.9 Å². The van der Waals surface area contributed by atoms with Gasteiger partial charge >= 0.3 is 0 Å². The second kappa shape index (κ2) is 3.62. The van der Waals surface area contributed by atoms with Crippen molar-refractivity contribution in [3.05, 3.63) is 60.2 Å². The quantitative estimate of drug-likeness (QED) is 0.860. The molecule has 0 aliphatic heterocycles. The highest BCUT2D eigenvalue weighted by atomic mass is 19.3. The first kappa shape index (κ1) is 11.4. The summed E-state index contributed by atoms with van der Waals surface area (Å²) >= 11 is 0. The molecule has 1 nitrogen and oxygen atoms in total. The van der Waals surface area contributed by atoms with Crippen LogP contribution in [0.4, 0.5) is 8.78 Å². The van der Waals surface area contributed by atoms with E-state index in [4.69, 9.17) is 5.73 Å². The highest BCUT2D eigenvalue weighted by Gasteiger charge is 2.69. The largest absolute Gasteiger partial charge is 0.316 e. The second-order valence-electron chi connectivity index (χ2n) is 4.80. The zero-order chi connectivity index (χ0) is 12.8. The van der Waals surface area contributed by atoms with E-state index in [-0.39, 0.29) is 6.42 Å². The van der Waals surface area contributed by atoms with Crippen LogP contribution in [0, 0.1) is 0 Å². The maximum Gasteiger partial charge on any atom is 0.272 e. The van der Waals surface area contributed by atoms with Crippen molar-refractivity contribution < 1.29 is 8.78 Å². The summed E-state index contributed by atoms with van der Waals surface area (Å²) in [6, 6.07) is 16.9. The molecule has 2 aromatic carbocycles. The molecule has 0 aromatic heterocycles. The van der Waals surface area contributed by atoms with Gasteiger partial charge in [-0.05, 0) is 16.7 Å². The molecule has 0 saturated heterocycles. The van der Waals surface area contributed by atoms with Gasteiger partial charge in [-0.3, -0.25) is 0 Å². The summed E-state index contributed by atoms with van der Waals surface area (Å²) in [6.07, 6.45) is -0.259. The number of nitrogens with two attached hydrogens (primary N) is 1. The fourth-order valence-corrected chi connectivity index (χ4v) is 2.21. The second-order valence-corrected chi connectivity index (χ2v) is 4.80. The Morgan fingerprint density at radius 3 is 1.83 bits per heavy atom. The van der Waals surface area contributed by atoms with Crippen molar-refractivity contribution in [1.82, 2.24) is 0 Å². The third-order valence-electron chi connectivity index (χ3n) is 3.54. The van der Waals surface area contributed by atoms with Crippen molar-refractivity contribution in [3.8, 4) is 11.1 Å². The molecular weight excluding hydrogens is 232 g/mol. The van der Waals surface area contributed by atoms with Gasteiger partial charge in [0.15, 0.2) is 0 Å². The van der Waals surface area contributed by atoms with E-state index in [1.165, 1.54) is 0 Å². The first-order valence-electron chi connectivity index (χ1n) is 5.86. The van der Waals surface area contributed by atoms with Gasteiger partial charge in [-0.25, -0.2) is 8.78 Å². The van der Waals surface area contributed by atoms with Gasteiger partial charge in [0, 0.05) is 6.42 Å². The van der Waals surface area contributed by atoms with Crippen LogP contribution in [0.3, 0.4) is 0 Å². The number of hydrogen-bond donors (Lipinski definition) is 1. The molecule has 1 aliphatic carbocycles. The number of hydrogen-bond acceptors (Lipinski definition) is 1. The van der Waals surface area contributed by atoms with Gasteiger partial charge in [-0.15, -0.1) is 0 Å². The Balaban J connectivity index is 1.92. The molecule has 1 fully saturated rings. The molecule has 92 valence electrons. The molecule has 3 heteroatoms. The van der Waals surface area contributed by atoms with Crippen LogP contribution in [0.2, 0.25) is 0 Å². The van der Waals surface area contributed by atoms with Crippen LogP contribution in [0.1, 0.15) is 12.0 Å². The molecule has 0 radical (unpaired) electrons. The third-order valence-corrected chi connectivity index (χ3v) is 3.54. The van der Waals surface area contributed by atoms with Crippen LogP contribution in [0.5, 0.6) is 0 Å². The highest BCUT2D eigenvalue weighted by molar-refractivity contribution is 5.64. The lowest BCUT2D eigenvalue weighted by molar-refractivity contribution is 0.0891. The van der Waals surface area contributed by atoms with E-state index in [1.807, 2.05) is 42.5 Å². The van der Waals surface area contributed by atoms with Crippen LogP contribution in [0.15, 0.2) is 54.6 Å². The monoisotopic (exact) mass is 245 g/mol. The molecule has 2 N–H and O–H groups in total. The van der Waals surface area contributed by atoms with Crippen LogP contribution in [0.25, 0.3) is 11.1 Å². The molecule has 1 saturated carbocycles. The minimum absolute atomic E-state index is 0.259. The number of rotatable bonds is 2. The Morgan fingerprint density at radius 1 is 0.833 bits per heavy atom. The Hall–Kier alpha value is -1.74. The van der Waals surface area contributed by atoms with Crippen LogP contribution in [-0.4, -0.2) is 5.92 Å². The molecule has 1 aliphatic rings. The van der Waals surface area contributed by atoms with E-state index in [2.05, 4.69) is 0 Å². The molecule has 1 unspecified atom stereocenters. The predicted octanol–water partition coefficient (Wildman–Crippen LogP) is 3.55. The van der Waals surface area contributed by atoms with Crippen LogP contribution >= 0.6 is 0 Å².